The Morgan fingerprint density at radius 2 is 1.59 bits per heavy atom. The topological polar surface area (TPSA) is 134 Å². The molecule has 3 unspecified atom stereocenters. The lowest BCUT2D eigenvalue weighted by atomic mass is 9.54. The van der Waals surface area contributed by atoms with Gasteiger partial charge in [0, 0.05) is 13.1 Å². The summed E-state index contributed by atoms with van der Waals surface area (Å²) in [7, 11) is 0. The molecule has 1 aliphatic heterocycles. The Morgan fingerprint density at radius 1 is 0.980 bits per heavy atom. The molecule has 49 heavy (non-hydrogen) atoms. The van der Waals surface area contributed by atoms with Gasteiger partial charge in [-0.05, 0) is 110 Å². The second kappa shape index (κ2) is 12.9. The number of carbonyl (C=O) groups is 5. The van der Waals surface area contributed by atoms with Crippen LogP contribution in [0, 0.1) is 40.9 Å². The third kappa shape index (κ3) is 6.29. The minimum absolute atomic E-state index is 0.0937. The number of hydrogen-bond acceptors (Lipinski definition) is 6. The molecular formula is C39H52N4O6. The predicted octanol–water partition coefficient (Wildman–Crippen LogP) is 4.10. The van der Waals surface area contributed by atoms with Crippen LogP contribution in [0.25, 0.3) is 0 Å². The van der Waals surface area contributed by atoms with Gasteiger partial charge in [-0.3, -0.25) is 19.2 Å². The molecule has 0 radical (unpaired) electrons. The van der Waals surface area contributed by atoms with Gasteiger partial charge < -0.3 is 25.6 Å². The van der Waals surface area contributed by atoms with Gasteiger partial charge in [-0.1, -0.05) is 57.5 Å². The van der Waals surface area contributed by atoms with Crippen molar-refractivity contribution in [2.24, 2.45) is 40.9 Å². The Kier molecular flexibility index (Phi) is 8.89. The minimum Gasteiger partial charge on any atom is -0.443 e. The van der Waals surface area contributed by atoms with E-state index in [9.17, 15) is 24.0 Å². The highest BCUT2D eigenvalue weighted by molar-refractivity contribution is 6.38. The third-order valence-corrected chi connectivity index (χ3v) is 13.0. The quantitative estimate of drug-likeness (QED) is 0.226. The van der Waals surface area contributed by atoms with Crippen LogP contribution in [0.2, 0.25) is 0 Å². The average molecular weight is 673 g/mol. The Morgan fingerprint density at radius 3 is 2.16 bits per heavy atom. The zero-order chi connectivity index (χ0) is 34.7. The number of benzene rings is 1. The summed E-state index contributed by atoms with van der Waals surface area (Å²) in [4.78, 5) is 70.1. The molecule has 1 heterocycles. The number of likely N-dealkylation sites (tertiary alicyclic amines) is 1. The van der Waals surface area contributed by atoms with Crippen LogP contribution in [0.1, 0.15) is 83.3 Å². The average Bonchev–Trinajstić information content (AvgIpc) is 3.41. The Bertz CT molecular complexity index is 1480. The molecule has 6 aliphatic carbocycles. The number of fused-ring (bicyclic) bond motifs is 2. The molecular weight excluding hydrogens is 620 g/mol. The highest BCUT2D eigenvalue weighted by Gasteiger charge is 2.70. The summed E-state index contributed by atoms with van der Waals surface area (Å²) in [5.41, 5.74) is 1.72. The van der Waals surface area contributed by atoms with E-state index in [-0.39, 0.29) is 35.6 Å². The Labute approximate surface area is 289 Å². The summed E-state index contributed by atoms with van der Waals surface area (Å²) in [5, 5.41) is 8.45. The fourth-order valence-corrected chi connectivity index (χ4v) is 10.9. The highest BCUT2D eigenvalue weighted by atomic mass is 16.6. The van der Waals surface area contributed by atoms with Crippen LogP contribution < -0.4 is 16.0 Å². The molecule has 0 aromatic heterocycles. The van der Waals surface area contributed by atoms with Crippen molar-refractivity contribution in [2.75, 3.05) is 13.1 Å². The second-order valence-corrected chi connectivity index (χ2v) is 16.7. The van der Waals surface area contributed by atoms with E-state index in [1.807, 2.05) is 19.1 Å². The number of hydrogen-bond donors (Lipinski definition) is 3. The van der Waals surface area contributed by atoms with E-state index in [4.69, 9.17) is 4.74 Å². The summed E-state index contributed by atoms with van der Waals surface area (Å²) >= 11 is 0. The first-order valence-corrected chi connectivity index (χ1v) is 18.5. The van der Waals surface area contributed by atoms with Crippen molar-refractivity contribution in [3.8, 4) is 0 Å². The van der Waals surface area contributed by atoms with Crippen molar-refractivity contribution in [3.05, 3.63) is 48.0 Å². The summed E-state index contributed by atoms with van der Waals surface area (Å²) in [5.74, 6) is -0.549. The maximum Gasteiger partial charge on any atom is 0.408 e. The lowest BCUT2D eigenvalue weighted by Gasteiger charge is -2.55. The van der Waals surface area contributed by atoms with Gasteiger partial charge in [-0.2, -0.15) is 0 Å². The number of rotatable bonds is 12. The zero-order valence-corrected chi connectivity index (χ0v) is 29.2. The zero-order valence-electron chi connectivity index (χ0n) is 29.2. The van der Waals surface area contributed by atoms with Crippen molar-refractivity contribution in [1.82, 2.24) is 20.9 Å². The molecule has 3 N–H and O–H groups in total. The number of ether oxygens (including phenoxy) is 1. The lowest BCUT2D eigenvalue weighted by molar-refractivity contribution is -0.145. The maximum atomic E-state index is 14.8. The van der Waals surface area contributed by atoms with Crippen molar-refractivity contribution < 1.29 is 28.7 Å². The van der Waals surface area contributed by atoms with Crippen molar-refractivity contribution in [3.63, 3.8) is 0 Å². The van der Waals surface area contributed by atoms with Crippen LogP contribution in [0.4, 0.5) is 4.79 Å². The first kappa shape index (κ1) is 33.8. The smallest absolute Gasteiger partial charge is 0.408 e. The standard InChI is InChI=1S/C39H52N4O6/c1-5-9-29(33(44)35(46)40-12-6-2)41-34(45)32-30-28(38(30,3)4)21-43(32)36(47)31(27-16-25-10-7-8-11-26(25)17-27)42-37(48)49-39-18-22-13-23(19-39)15-24(14-22)20-39/h6-8,10-11,22-24,27-32H,2,5,9,12-21H2,1,3-4H3,(H,40,46)(H,41,45)(H,42,48)/t22?,23?,24?,28?,29?,30?,31-,32-,39?/m0/s1. The van der Waals surface area contributed by atoms with Gasteiger partial charge in [0.2, 0.25) is 17.6 Å². The molecule has 10 heteroatoms. The van der Waals surface area contributed by atoms with Gasteiger partial charge in [0.05, 0.1) is 6.04 Å². The molecule has 1 aromatic carbocycles. The number of alkyl carbamates (subject to hydrolysis) is 1. The van der Waals surface area contributed by atoms with E-state index in [0.717, 1.165) is 30.4 Å². The van der Waals surface area contributed by atoms with E-state index in [1.165, 1.54) is 25.3 Å². The monoisotopic (exact) mass is 672 g/mol. The number of amides is 4. The fraction of sp³-hybridized carbons (Fsp3) is 0.667. The van der Waals surface area contributed by atoms with Crippen LogP contribution in [-0.2, 0) is 36.8 Å². The molecule has 5 atom stereocenters. The number of nitrogens with zero attached hydrogens (tertiary/aromatic N) is 1. The first-order chi connectivity index (χ1) is 23.4. The summed E-state index contributed by atoms with van der Waals surface area (Å²) in [6.07, 6.45) is 9.49. The fourth-order valence-electron chi connectivity index (χ4n) is 10.9. The third-order valence-electron chi connectivity index (χ3n) is 13.0. The maximum absolute atomic E-state index is 14.8. The first-order valence-electron chi connectivity index (χ1n) is 18.5. The van der Waals surface area contributed by atoms with E-state index in [0.29, 0.717) is 50.0 Å². The van der Waals surface area contributed by atoms with Gasteiger partial charge in [-0.25, -0.2) is 4.79 Å². The molecule has 6 fully saturated rings. The van der Waals surface area contributed by atoms with Gasteiger partial charge in [0.25, 0.3) is 5.91 Å². The van der Waals surface area contributed by atoms with Gasteiger partial charge >= 0.3 is 6.09 Å². The summed E-state index contributed by atoms with van der Waals surface area (Å²) < 4.78 is 6.34. The van der Waals surface area contributed by atoms with Crippen LogP contribution in [0.5, 0.6) is 0 Å². The SMILES string of the molecule is C=CCNC(=O)C(=O)C(CCC)NC(=O)[C@@H]1C2C(CN1C(=O)[C@@H](NC(=O)OC13CC4CC(CC(C4)C1)C3)C1Cc3ccccc3C1)C2(C)C. The molecule has 4 amide bonds. The van der Waals surface area contributed by atoms with E-state index >= 15 is 0 Å². The van der Waals surface area contributed by atoms with Crippen LogP contribution in [0.15, 0.2) is 36.9 Å². The number of ketones is 1. The van der Waals surface area contributed by atoms with Gasteiger partial charge in [0.15, 0.2) is 0 Å². The molecule has 5 saturated carbocycles. The predicted molar refractivity (Wildman–Crippen MR) is 183 cm³/mol. The summed E-state index contributed by atoms with van der Waals surface area (Å²) in [6.45, 7) is 10.2. The number of Topliss-reactive ketones (excluding diaryl/α,β-unsaturated/α-hetero) is 1. The van der Waals surface area contributed by atoms with E-state index < -0.39 is 47.4 Å². The molecule has 1 aromatic rings. The van der Waals surface area contributed by atoms with Crippen LogP contribution in [-0.4, -0.2) is 71.3 Å². The molecule has 4 bridgehead atoms. The Balaban J connectivity index is 1.12. The van der Waals surface area contributed by atoms with Gasteiger partial charge in [-0.15, -0.1) is 6.58 Å². The second-order valence-electron chi connectivity index (χ2n) is 16.7. The highest BCUT2D eigenvalue weighted by Crippen LogP contribution is 2.65. The van der Waals surface area contributed by atoms with E-state index in [2.05, 4.69) is 48.5 Å². The van der Waals surface area contributed by atoms with E-state index in [1.54, 1.807) is 4.90 Å². The molecule has 264 valence electrons. The molecule has 8 rings (SSSR count). The number of nitrogens with one attached hydrogen (secondary N) is 3. The van der Waals surface area contributed by atoms with Crippen molar-refractivity contribution >= 4 is 29.6 Å². The molecule has 0 spiro atoms. The molecule has 7 aliphatic rings. The largest absolute Gasteiger partial charge is 0.443 e. The lowest BCUT2D eigenvalue weighted by Crippen LogP contribution is -2.60. The summed E-state index contributed by atoms with van der Waals surface area (Å²) in [6, 6.07) is 5.44. The van der Waals surface area contributed by atoms with Crippen LogP contribution in [0.3, 0.4) is 0 Å². The number of piperidine rings is 1. The molecule has 10 nitrogen and oxygen atoms in total. The normalized spacial score (nSPS) is 32.8. The number of carbonyl (C=O) groups excluding carboxylic acids is 5. The van der Waals surface area contributed by atoms with Gasteiger partial charge in [0.1, 0.15) is 17.7 Å². The van der Waals surface area contributed by atoms with Crippen molar-refractivity contribution in [2.45, 2.75) is 109 Å². The Hall–Kier alpha value is -3.69. The minimum atomic E-state index is -1.01. The van der Waals surface area contributed by atoms with Crippen molar-refractivity contribution in [1.29, 1.82) is 0 Å². The van der Waals surface area contributed by atoms with Crippen LogP contribution >= 0.6 is 0 Å². The molecule has 1 saturated heterocycles.